The number of esters is 1. The van der Waals surface area contributed by atoms with E-state index in [0.717, 1.165) is 73.5 Å². The number of aliphatic hydroxyl groups is 1. The van der Waals surface area contributed by atoms with E-state index in [1.807, 2.05) is 57.2 Å². The summed E-state index contributed by atoms with van der Waals surface area (Å²) in [6.07, 6.45) is 0.806. The van der Waals surface area contributed by atoms with Crippen LogP contribution < -0.4 is 4.90 Å². The van der Waals surface area contributed by atoms with Crippen LogP contribution in [0.25, 0.3) is 11.1 Å². The fourth-order valence-electron chi connectivity index (χ4n) is 6.17. The summed E-state index contributed by atoms with van der Waals surface area (Å²) in [6.45, 7) is 10.8. The van der Waals surface area contributed by atoms with Crippen LogP contribution in [0.2, 0.25) is 5.02 Å². The Labute approximate surface area is 271 Å². The maximum absolute atomic E-state index is 12.5. The molecule has 1 amide bonds. The number of ether oxygens (including phenoxy) is 2. The van der Waals surface area contributed by atoms with E-state index in [9.17, 15) is 14.7 Å². The van der Waals surface area contributed by atoms with Gasteiger partial charge in [0.05, 0.1) is 18.8 Å². The van der Waals surface area contributed by atoms with Crippen LogP contribution in [0.1, 0.15) is 61.2 Å². The number of halogens is 1. The van der Waals surface area contributed by atoms with E-state index in [1.54, 1.807) is 17.0 Å². The van der Waals surface area contributed by atoms with Gasteiger partial charge >= 0.3 is 12.1 Å². The smallest absolute Gasteiger partial charge is 0.410 e. The number of amides is 1. The molecule has 240 valence electrons. The lowest BCUT2D eigenvalue weighted by Crippen LogP contribution is -2.49. The number of anilines is 1. The fraction of sp³-hybridized carbons (Fsp3) is 0.444. The highest BCUT2D eigenvalue weighted by Crippen LogP contribution is 2.38. The van der Waals surface area contributed by atoms with Crippen LogP contribution in [0.5, 0.6) is 0 Å². The molecule has 0 spiro atoms. The second kappa shape index (κ2) is 14.2. The number of hydrogen-bond acceptors (Lipinski definition) is 7. The lowest BCUT2D eigenvalue weighted by atomic mass is 9.83. The zero-order chi connectivity index (χ0) is 32.1. The highest BCUT2D eigenvalue weighted by Gasteiger charge is 2.30. The predicted octanol–water partition coefficient (Wildman–Crippen LogP) is 6.80. The Morgan fingerprint density at radius 2 is 1.56 bits per heavy atom. The van der Waals surface area contributed by atoms with E-state index in [-0.39, 0.29) is 18.0 Å². The summed E-state index contributed by atoms with van der Waals surface area (Å²) < 4.78 is 10.4. The molecule has 2 aliphatic heterocycles. The lowest BCUT2D eigenvalue weighted by Gasteiger charge is -2.37. The lowest BCUT2D eigenvalue weighted by molar-refractivity contribution is 0.0138. The van der Waals surface area contributed by atoms with Crippen molar-refractivity contribution in [1.29, 1.82) is 0 Å². The minimum atomic E-state index is -0.622. The Kier molecular flexibility index (Phi) is 10.4. The molecule has 2 fully saturated rings. The second-order valence-electron chi connectivity index (χ2n) is 13.0. The maximum Gasteiger partial charge on any atom is 0.410 e. The molecule has 9 heteroatoms. The molecule has 1 N–H and O–H groups in total. The number of rotatable bonds is 7. The Hall–Kier alpha value is -3.59. The Morgan fingerprint density at radius 3 is 2.16 bits per heavy atom. The number of methoxy groups -OCH3 is 1. The minimum absolute atomic E-state index is 0.106. The van der Waals surface area contributed by atoms with Gasteiger partial charge in [0.25, 0.3) is 0 Å². The van der Waals surface area contributed by atoms with Crippen LogP contribution >= 0.6 is 11.6 Å². The van der Waals surface area contributed by atoms with E-state index < -0.39 is 11.7 Å². The summed E-state index contributed by atoms with van der Waals surface area (Å²) >= 11 is 6.20. The first-order chi connectivity index (χ1) is 21.5. The van der Waals surface area contributed by atoms with Crippen LogP contribution in [0.4, 0.5) is 10.5 Å². The average Bonchev–Trinajstić information content (AvgIpc) is 3.04. The molecule has 0 saturated carbocycles. The summed E-state index contributed by atoms with van der Waals surface area (Å²) in [5.74, 6) is -0.237. The molecule has 0 bridgehead atoms. The molecular formula is C36H44ClN3O5. The third-order valence-corrected chi connectivity index (χ3v) is 8.91. The number of nitrogens with zero attached hydrogens (tertiary/aromatic N) is 3. The van der Waals surface area contributed by atoms with Crippen molar-refractivity contribution in [3.63, 3.8) is 0 Å². The minimum Gasteiger partial charge on any atom is -0.465 e. The van der Waals surface area contributed by atoms with Gasteiger partial charge in [-0.05, 0) is 98.2 Å². The summed E-state index contributed by atoms with van der Waals surface area (Å²) in [4.78, 5) is 30.8. The topological polar surface area (TPSA) is 82.5 Å². The number of carbonyl (C=O) groups is 2. The van der Waals surface area contributed by atoms with Gasteiger partial charge in [-0.2, -0.15) is 0 Å². The van der Waals surface area contributed by atoms with Crippen LogP contribution in [-0.2, 0) is 16.0 Å². The Bertz CT molecular complexity index is 1460. The third-order valence-electron chi connectivity index (χ3n) is 8.66. The zero-order valence-corrected chi connectivity index (χ0v) is 27.4. The first-order valence-corrected chi connectivity index (χ1v) is 16.1. The van der Waals surface area contributed by atoms with Crippen LogP contribution in [0.3, 0.4) is 0 Å². The van der Waals surface area contributed by atoms with E-state index >= 15 is 0 Å². The first kappa shape index (κ1) is 32.8. The maximum atomic E-state index is 12.5. The van der Waals surface area contributed by atoms with Crippen molar-refractivity contribution in [2.75, 3.05) is 51.3 Å². The van der Waals surface area contributed by atoms with Crippen molar-refractivity contribution in [3.8, 4) is 11.1 Å². The number of hydrogen-bond donors (Lipinski definition) is 1. The predicted molar refractivity (Wildman–Crippen MR) is 178 cm³/mol. The summed E-state index contributed by atoms with van der Waals surface area (Å²) in [6, 6.07) is 21.7. The molecule has 45 heavy (non-hydrogen) atoms. The standard InChI is InChI=1S/C36H44ClN3O5/c1-36(2,3)45-35(43)40-21-19-38(20-22-40)24-25-5-14-31(26-6-10-29(37)11-7-26)32(23-25)33(41)27-15-17-39(18-16-27)30-12-8-28(9-13-30)34(42)44-4/h5-14,23,27,33,41H,15-22,24H2,1-4H3/t33-/m1/s1. The van der Waals surface area contributed by atoms with Gasteiger partial charge in [-0.25, -0.2) is 9.59 Å². The van der Waals surface area contributed by atoms with Gasteiger partial charge in [0, 0.05) is 56.5 Å². The molecule has 0 aromatic heterocycles. The van der Waals surface area contributed by atoms with Gasteiger partial charge in [-0.3, -0.25) is 4.90 Å². The molecule has 0 radical (unpaired) electrons. The van der Waals surface area contributed by atoms with E-state index in [2.05, 4.69) is 28.0 Å². The monoisotopic (exact) mass is 633 g/mol. The molecule has 2 saturated heterocycles. The second-order valence-corrected chi connectivity index (χ2v) is 13.4. The molecule has 3 aromatic rings. The molecule has 2 aliphatic rings. The summed E-state index contributed by atoms with van der Waals surface area (Å²) in [7, 11) is 1.38. The molecule has 1 atom stereocenters. The largest absolute Gasteiger partial charge is 0.465 e. The van der Waals surface area contributed by atoms with Crippen molar-refractivity contribution in [2.24, 2.45) is 5.92 Å². The highest BCUT2D eigenvalue weighted by molar-refractivity contribution is 6.30. The number of piperidine rings is 1. The van der Waals surface area contributed by atoms with Gasteiger partial charge in [0.2, 0.25) is 0 Å². The molecule has 8 nitrogen and oxygen atoms in total. The van der Waals surface area contributed by atoms with Crippen LogP contribution in [-0.4, -0.2) is 78.9 Å². The summed E-state index contributed by atoms with van der Waals surface area (Å²) in [5, 5.41) is 12.6. The molecular weight excluding hydrogens is 590 g/mol. The van der Waals surface area contributed by atoms with Crippen molar-refractivity contribution in [2.45, 2.75) is 51.9 Å². The van der Waals surface area contributed by atoms with Crippen LogP contribution in [0, 0.1) is 5.92 Å². The van der Waals surface area contributed by atoms with Gasteiger partial charge in [0.1, 0.15) is 5.60 Å². The number of benzene rings is 3. The number of aliphatic hydroxyl groups excluding tert-OH is 1. The third kappa shape index (κ3) is 8.37. The van der Waals surface area contributed by atoms with Crippen molar-refractivity contribution < 1.29 is 24.2 Å². The van der Waals surface area contributed by atoms with Crippen molar-refractivity contribution in [1.82, 2.24) is 9.80 Å². The SMILES string of the molecule is COC(=O)c1ccc(N2CCC([C@@H](O)c3cc(CN4CCN(C(=O)OC(C)(C)C)CC4)ccc3-c3ccc(Cl)cc3)CC2)cc1. The van der Waals surface area contributed by atoms with E-state index in [0.29, 0.717) is 23.7 Å². The number of piperazine rings is 1. The molecule has 5 rings (SSSR count). The molecule has 0 aliphatic carbocycles. The molecule has 2 heterocycles. The van der Waals surface area contributed by atoms with Crippen LogP contribution in [0.15, 0.2) is 66.7 Å². The van der Waals surface area contributed by atoms with Gasteiger partial charge < -0.3 is 24.4 Å². The van der Waals surface area contributed by atoms with Crippen molar-refractivity contribution in [3.05, 3.63) is 88.4 Å². The van der Waals surface area contributed by atoms with Gasteiger partial charge in [-0.1, -0.05) is 41.9 Å². The normalized spacial score (nSPS) is 17.2. The van der Waals surface area contributed by atoms with Gasteiger partial charge in [0.15, 0.2) is 0 Å². The number of carbonyl (C=O) groups excluding carboxylic acids is 2. The molecule has 0 unspecified atom stereocenters. The quantitative estimate of drug-likeness (QED) is 0.287. The Balaban J connectivity index is 1.28. The first-order valence-electron chi connectivity index (χ1n) is 15.7. The van der Waals surface area contributed by atoms with Crippen molar-refractivity contribution >= 4 is 29.4 Å². The zero-order valence-electron chi connectivity index (χ0n) is 26.7. The van der Waals surface area contributed by atoms with E-state index in [4.69, 9.17) is 21.1 Å². The summed E-state index contributed by atoms with van der Waals surface area (Å²) in [5.41, 5.74) is 5.19. The average molecular weight is 634 g/mol. The molecule has 3 aromatic carbocycles. The van der Waals surface area contributed by atoms with Gasteiger partial charge in [-0.15, -0.1) is 0 Å². The fourth-order valence-corrected chi connectivity index (χ4v) is 6.30. The van der Waals surface area contributed by atoms with E-state index in [1.165, 1.54) is 7.11 Å². The Morgan fingerprint density at radius 1 is 0.911 bits per heavy atom. The highest BCUT2D eigenvalue weighted by atomic mass is 35.5.